The van der Waals surface area contributed by atoms with Gasteiger partial charge in [0.25, 0.3) is 5.91 Å². The third kappa shape index (κ3) is 3.34. The van der Waals surface area contributed by atoms with Crippen molar-refractivity contribution in [2.75, 3.05) is 0 Å². The van der Waals surface area contributed by atoms with Crippen LogP contribution in [0.15, 0.2) is 6.07 Å². The van der Waals surface area contributed by atoms with E-state index in [1.807, 2.05) is 27.7 Å². The highest BCUT2D eigenvalue weighted by Crippen LogP contribution is 2.07. The molecule has 1 heterocycles. The van der Waals surface area contributed by atoms with Crippen molar-refractivity contribution in [3.05, 3.63) is 17.5 Å². The quantitative estimate of drug-likeness (QED) is 0.792. The molecule has 1 aromatic heterocycles. The van der Waals surface area contributed by atoms with Crippen LogP contribution in [0.4, 0.5) is 0 Å². The highest BCUT2D eigenvalue weighted by Gasteiger charge is 2.16. The van der Waals surface area contributed by atoms with Crippen LogP contribution >= 0.6 is 0 Å². The zero-order valence-corrected chi connectivity index (χ0v) is 10.5. The summed E-state index contributed by atoms with van der Waals surface area (Å²) >= 11 is 0. The first kappa shape index (κ1) is 12.7. The van der Waals surface area contributed by atoms with E-state index in [1.54, 1.807) is 17.8 Å². The van der Waals surface area contributed by atoms with Crippen molar-refractivity contribution in [1.29, 1.82) is 0 Å². The second kappa shape index (κ2) is 4.65. The minimum absolute atomic E-state index is 0.273. The standard InChI is InChI=1S/C11H19N3O2/c1-6-8-7-9(14(5)12-8)10(15)13-16-11(2,3)4/h7H,6H2,1-5H3,(H,13,15). The van der Waals surface area contributed by atoms with E-state index in [0.29, 0.717) is 5.69 Å². The number of nitrogens with one attached hydrogen (secondary N) is 1. The fourth-order valence-corrected chi connectivity index (χ4v) is 1.16. The summed E-state index contributed by atoms with van der Waals surface area (Å²) in [4.78, 5) is 16.9. The highest BCUT2D eigenvalue weighted by molar-refractivity contribution is 5.91. The lowest BCUT2D eigenvalue weighted by Gasteiger charge is -2.18. The molecule has 1 amide bonds. The van der Waals surface area contributed by atoms with Gasteiger partial charge in [0.15, 0.2) is 0 Å². The maximum atomic E-state index is 11.7. The van der Waals surface area contributed by atoms with Crippen LogP contribution in [0.1, 0.15) is 43.9 Å². The molecule has 1 rings (SSSR count). The maximum Gasteiger partial charge on any atom is 0.293 e. The number of hydrogen-bond donors (Lipinski definition) is 1. The molecule has 0 fully saturated rings. The second-order valence-corrected chi connectivity index (χ2v) is 4.64. The lowest BCUT2D eigenvalue weighted by molar-refractivity contribution is -0.0593. The second-order valence-electron chi connectivity index (χ2n) is 4.64. The smallest absolute Gasteiger partial charge is 0.268 e. The third-order valence-corrected chi connectivity index (χ3v) is 1.98. The maximum absolute atomic E-state index is 11.7. The summed E-state index contributed by atoms with van der Waals surface area (Å²) in [5, 5.41) is 4.19. The van der Waals surface area contributed by atoms with Crippen LogP contribution in [0.25, 0.3) is 0 Å². The average molecular weight is 225 g/mol. The molecule has 0 aliphatic carbocycles. The molecular weight excluding hydrogens is 206 g/mol. The monoisotopic (exact) mass is 225 g/mol. The van der Waals surface area contributed by atoms with Gasteiger partial charge in [-0.1, -0.05) is 6.92 Å². The minimum Gasteiger partial charge on any atom is -0.268 e. The number of carbonyl (C=O) groups excluding carboxylic acids is 1. The van der Waals surface area contributed by atoms with E-state index in [9.17, 15) is 4.79 Å². The van der Waals surface area contributed by atoms with Crippen molar-refractivity contribution in [3.63, 3.8) is 0 Å². The first-order chi connectivity index (χ1) is 7.33. The fraction of sp³-hybridized carbons (Fsp3) is 0.636. The van der Waals surface area contributed by atoms with Crippen LogP contribution in [0.2, 0.25) is 0 Å². The molecule has 5 heteroatoms. The Morgan fingerprint density at radius 2 is 2.19 bits per heavy atom. The number of carbonyl (C=O) groups is 1. The number of nitrogens with zero attached hydrogens (tertiary/aromatic N) is 2. The van der Waals surface area contributed by atoms with E-state index in [1.165, 1.54) is 0 Å². The van der Waals surface area contributed by atoms with Crippen molar-refractivity contribution in [1.82, 2.24) is 15.3 Å². The number of amides is 1. The number of aromatic nitrogens is 2. The molecule has 0 bridgehead atoms. The first-order valence-electron chi connectivity index (χ1n) is 5.34. The summed E-state index contributed by atoms with van der Waals surface area (Å²) in [6.07, 6.45) is 0.807. The Bertz CT molecular complexity index is 377. The van der Waals surface area contributed by atoms with Gasteiger partial charge in [0.2, 0.25) is 0 Å². The van der Waals surface area contributed by atoms with E-state index >= 15 is 0 Å². The third-order valence-electron chi connectivity index (χ3n) is 1.98. The largest absolute Gasteiger partial charge is 0.293 e. The van der Waals surface area contributed by atoms with Crippen LogP contribution in [0.5, 0.6) is 0 Å². The van der Waals surface area contributed by atoms with E-state index in [4.69, 9.17) is 4.84 Å². The van der Waals surface area contributed by atoms with Crippen LogP contribution in [0.3, 0.4) is 0 Å². The molecule has 0 aliphatic heterocycles. The van der Waals surface area contributed by atoms with Gasteiger partial charge in [-0.2, -0.15) is 5.10 Å². The summed E-state index contributed by atoms with van der Waals surface area (Å²) in [5.74, 6) is -0.273. The van der Waals surface area contributed by atoms with Gasteiger partial charge in [0.1, 0.15) is 5.69 Å². The van der Waals surface area contributed by atoms with E-state index in [2.05, 4.69) is 10.6 Å². The van der Waals surface area contributed by atoms with Crippen molar-refractivity contribution in [2.24, 2.45) is 7.05 Å². The van der Waals surface area contributed by atoms with Crippen molar-refractivity contribution in [2.45, 2.75) is 39.7 Å². The lowest BCUT2D eigenvalue weighted by atomic mass is 10.2. The molecule has 0 atom stereocenters. The SMILES string of the molecule is CCc1cc(C(=O)NOC(C)(C)C)n(C)n1. The molecule has 5 nitrogen and oxygen atoms in total. The predicted molar refractivity (Wildman–Crippen MR) is 60.9 cm³/mol. The van der Waals surface area contributed by atoms with Gasteiger partial charge in [0.05, 0.1) is 11.3 Å². The number of hydroxylamine groups is 1. The Balaban J connectivity index is 2.69. The molecule has 16 heavy (non-hydrogen) atoms. The van der Waals surface area contributed by atoms with Crippen molar-refractivity contribution < 1.29 is 9.63 Å². The fourth-order valence-electron chi connectivity index (χ4n) is 1.16. The molecule has 1 aromatic rings. The topological polar surface area (TPSA) is 56.1 Å². The summed E-state index contributed by atoms with van der Waals surface area (Å²) in [5.41, 5.74) is 3.41. The lowest BCUT2D eigenvalue weighted by Crippen LogP contribution is -2.34. The minimum atomic E-state index is -0.401. The van der Waals surface area contributed by atoms with Gasteiger partial charge >= 0.3 is 0 Å². The Labute approximate surface area is 95.7 Å². The molecule has 0 aliphatic rings. The number of hydrogen-bond acceptors (Lipinski definition) is 3. The molecule has 1 N–H and O–H groups in total. The summed E-state index contributed by atoms with van der Waals surface area (Å²) < 4.78 is 1.56. The van der Waals surface area contributed by atoms with Crippen molar-refractivity contribution in [3.8, 4) is 0 Å². The Kier molecular flexibility index (Phi) is 3.70. The summed E-state index contributed by atoms with van der Waals surface area (Å²) in [7, 11) is 1.74. The predicted octanol–water partition coefficient (Wildman–Crippen LogP) is 1.44. The van der Waals surface area contributed by atoms with Gasteiger partial charge in [-0.05, 0) is 33.3 Å². The average Bonchev–Trinajstić information content (AvgIpc) is 2.55. The van der Waals surface area contributed by atoms with Gasteiger partial charge in [0, 0.05) is 7.05 Å². The number of rotatable bonds is 3. The molecule has 0 saturated heterocycles. The zero-order chi connectivity index (χ0) is 12.3. The summed E-state index contributed by atoms with van der Waals surface area (Å²) in [6, 6.07) is 1.77. The Hall–Kier alpha value is -1.36. The van der Waals surface area contributed by atoms with Crippen LogP contribution < -0.4 is 5.48 Å². The molecule has 0 spiro atoms. The zero-order valence-electron chi connectivity index (χ0n) is 10.5. The van der Waals surface area contributed by atoms with Gasteiger partial charge in [-0.25, -0.2) is 5.48 Å². The molecule has 0 aromatic carbocycles. The van der Waals surface area contributed by atoms with Crippen molar-refractivity contribution >= 4 is 5.91 Å². The highest BCUT2D eigenvalue weighted by atomic mass is 16.7. The van der Waals surface area contributed by atoms with Crippen LogP contribution in [0, 0.1) is 0 Å². The van der Waals surface area contributed by atoms with Gasteiger partial charge in [-0.15, -0.1) is 0 Å². The molecule has 0 radical (unpaired) electrons. The Morgan fingerprint density at radius 1 is 1.56 bits per heavy atom. The first-order valence-corrected chi connectivity index (χ1v) is 5.34. The normalized spacial score (nSPS) is 11.6. The Morgan fingerprint density at radius 3 is 2.62 bits per heavy atom. The van der Waals surface area contributed by atoms with Crippen LogP contribution in [-0.2, 0) is 18.3 Å². The van der Waals surface area contributed by atoms with E-state index < -0.39 is 5.60 Å². The number of aryl methyl sites for hydroxylation is 2. The van der Waals surface area contributed by atoms with E-state index in [0.717, 1.165) is 12.1 Å². The molecule has 0 unspecified atom stereocenters. The molecule has 90 valence electrons. The van der Waals surface area contributed by atoms with Gasteiger partial charge < -0.3 is 0 Å². The molecule has 0 saturated carbocycles. The van der Waals surface area contributed by atoms with Gasteiger partial charge in [-0.3, -0.25) is 14.3 Å². The molecular formula is C11H19N3O2. The van der Waals surface area contributed by atoms with E-state index in [-0.39, 0.29) is 5.91 Å². The summed E-state index contributed by atoms with van der Waals surface area (Å²) in [6.45, 7) is 7.60. The van der Waals surface area contributed by atoms with Crippen LogP contribution in [-0.4, -0.2) is 21.3 Å².